The van der Waals surface area contributed by atoms with Crippen LogP contribution in [0.5, 0.6) is 0 Å². The van der Waals surface area contributed by atoms with Crippen molar-refractivity contribution in [1.82, 2.24) is 25.1 Å². The van der Waals surface area contributed by atoms with Crippen molar-refractivity contribution in [2.24, 2.45) is 5.92 Å². The zero-order valence-electron chi connectivity index (χ0n) is 14.2. The van der Waals surface area contributed by atoms with E-state index in [4.69, 9.17) is 9.72 Å². The van der Waals surface area contributed by atoms with Crippen molar-refractivity contribution in [2.45, 2.75) is 32.1 Å². The number of hydrogen-bond acceptors (Lipinski definition) is 5. The Bertz CT molecular complexity index is 893. The minimum Gasteiger partial charge on any atom is -0.365 e. The molecular formula is C19H21N5O. The second-order valence-corrected chi connectivity index (χ2v) is 7.13. The van der Waals surface area contributed by atoms with E-state index in [1.54, 1.807) is 0 Å². The number of H-pyrrole nitrogens is 1. The van der Waals surface area contributed by atoms with Gasteiger partial charge in [0.2, 0.25) is 0 Å². The monoisotopic (exact) mass is 335 g/mol. The number of nitrogens with zero attached hydrogens (tertiary/aromatic N) is 4. The van der Waals surface area contributed by atoms with E-state index in [2.05, 4.69) is 50.4 Å². The van der Waals surface area contributed by atoms with Crippen LogP contribution in [0, 0.1) is 12.8 Å². The van der Waals surface area contributed by atoms with Gasteiger partial charge in [-0.05, 0) is 25.5 Å². The van der Waals surface area contributed by atoms with Crippen molar-refractivity contribution < 1.29 is 4.74 Å². The van der Waals surface area contributed by atoms with Gasteiger partial charge in [-0.2, -0.15) is 5.10 Å². The SMILES string of the molecule is Cc1nc([C@@H]2C[C@H]3CN(Cc4ccc5ccccc5n4)C[C@H]3O2)n[nH]1. The number of fused-ring (bicyclic) bond motifs is 2. The van der Waals surface area contributed by atoms with Gasteiger partial charge in [-0.15, -0.1) is 0 Å². The first-order valence-electron chi connectivity index (χ1n) is 8.86. The quantitative estimate of drug-likeness (QED) is 0.797. The van der Waals surface area contributed by atoms with Crippen LogP contribution in [0.4, 0.5) is 0 Å². The summed E-state index contributed by atoms with van der Waals surface area (Å²) >= 11 is 0. The van der Waals surface area contributed by atoms with E-state index in [1.807, 2.05) is 13.0 Å². The standard InChI is InChI=1S/C19H21N5O/c1-12-20-19(23-22-12)17-8-14-9-24(11-18(14)25-17)10-15-7-6-13-4-2-3-5-16(13)21-15/h2-7,14,17-18H,8-11H2,1H3,(H,20,22,23)/t14-,17-,18+/m0/s1. The molecule has 2 saturated heterocycles. The third-order valence-corrected chi connectivity index (χ3v) is 5.26. The van der Waals surface area contributed by atoms with Crippen LogP contribution in [0.1, 0.15) is 29.9 Å². The van der Waals surface area contributed by atoms with E-state index in [0.717, 1.165) is 48.9 Å². The van der Waals surface area contributed by atoms with Crippen LogP contribution in [-0.4, -0.2) is 44.3 Å². The van der Waals surface area contributed by atoms with Gasteiger partial charge in [0.25, 0.3) is 0 Å². The summed E-state index contributed by atoms with van der Waals surface area (Å²) in [7, 11) is 0. The predicted molar refractivity (Wildman–Crippen MR) is 93.9 cm³/mol. The Kier molecular flexibility index (Phi) is 3.53. The normalized spacial score (nSPS) is 26.4. The van der Waals surface area contributed by atoms with Gasteiger partial charge in [-0.1, -0.05) is 24.3 Å². The maximum Gasteiger partial charge on any atom is 0.179 e. The van der Waals surface area contributed by atoms with Crippen LogP contribution in [0.3, 0.4) is 0 Å². The average Bonchev–Trinajstić information content (AvgIpc) is 3.29. The minimum atomic E-state index is 0.0425. The summed E-state index contributed by atoms with van der Waals surface area (Å²) in [6, 6.07) is 12.6. The van der Waals surface area contributed by atoms with Crippen molar-refractivity contribution in [3.05, 3.63) is 53.7 Å². The first-order chi connectivity index (χ1) is 12.2. The lowest BCUT2D eigenvalue weighted by Crippen LogP contribution is -2.24. The number of benzene rings is 1. The molecule has 4 heterocycles. The van der Waals surface area contributed by atoms with Crippen LogP contribution in [0.2, 0.25) is 0 Å². The number of rotatable bonds is 3. The molecule has 6 heteroatoms. The number of para-hydroxylation sites is 1. The smallest absolute Gasteiger partial charge is 0.179 e. The highest BCUT2D eigenvalue weighted by atomic mass is 16.5. The fourth-order valence-corrected chi connectivity index (χ4v) is 4.07. The molecule has 0 radical (unpaired) electrons. The number of aryl methyl sites for hydroxylation is 1. The van der Waals surface area contributed by atoms with Crippen molar-refractivity contribution in [2.75, 3.05) is 13.1 Å². The summed E-state index contributed by atoms with van der Waals surface area (Å²) in [5.41, 5.74) is 2.19. The summed E-state index contributed by atoms with van der Waals surface area (Å²) in [4.78, 5) is 11.7. The highest BCUT2D eigenvalue weighted by molar-refractivity contribution is 5.78. The third-order valence-electron chi connectivity index (χ3n) is 5.26. The topological polar surface area (TPSA) is 66.9 Å². The lowest BCUT2D eigenvalue weighted by Gasteiger charge is -2.18. The van der Waals surface area contributed by atoms with Crippen LogP contribution in [0.25, 0.3) is 10.9 Å². The summed E-state index contributed by atoms with van der Waals surface area (Å²) in [5.74, 6) is 2.21. The molecular weight excluding hydrogens is 314 g/mol. The molecule has 1 aromatic carbocycles. The molecule has 3 aromatic rings. The number of hydrogen-bond donors (Lipinski definition) is 1. The van der Waals surface area contributed by atoms with E-state index < -0.39 is 0 Å². The minimum absolute atomic E-state index is 0.0425. The van der Waals surface area contributed by atoms with Gasteiger partial charge in [0.05, 0.1) is 17.3 Å². The zero-order chi connectivity index (χ0) is 16.8. The second kappa shape index (κ2) is 5.89. The van der Waals surface area contributed by atoms with Gasteiger partial charge in [-0.25, -0.2) is 4.98 Å². The van der Waals surface area contributed by atoms with E-state index in [9.17, 15) is 0 Å². The Labute approximate surface area is 146 Å². The number of ether oxygens (including phenoxy) is 1. The lowest BCUT2D eigenvalue weighted by molar-refractivity contribution is 0.0326. The summed E-state index contributed by atoms with van der Waals surface area (Å²) in [6.45, 7) is 4.81. The van der Waals surface area contributed by atoms with Gasteiger partial charge >= 0.3 is 0 Å². The van der Waals surface area contributed by atoms with Crippen molar-refractivity contribution in [3.8, 4) is 0 Å². The fraction of sp³-hybridized carbons (Fsp3) is 0.421. The third kappa shape index (κ3) is 2.81. The largest absolute Gasteiger partial charge is 0.365 e. The molecule has 128 valence electrons. The molecule has 0 spiro atoms. The molecule has 3 atom stereocenters. The van der Waals surface area contributed by atoms with Crippen LogP contribution in [-0.2, 0) is 11.3 Å². The predicted octanol–water partition coefficient (Wildman–Crippen LogP) is 2.62. The van der Waals surface area contributed by atoms with Crippen molar-refractivity contribution in [3.63, 3.8) is 0 Å². The molecule has 0 aliphatic carbocycles. The van der Waals surface area contributed by atoms with E-state index in [-0.39, 0.29) is 12.2 Å². The molecule has 2 fully saturated rings. The highest BCUT2D eigenvalue weighted by Gasteiger charge is 2.43. The molecule has 25 heavy (non-hydrogen) atoms. The summed E-state index contributed by atoms with van der Waals surface area (Å²) in [6.07, 6.45) is 1.33. The van der Waals surface area contributed by atoms with E-state index in [1.165, 1.54) is 5.39 Å². The van der Waals surface area contributed by atoms with E-state index >= 15 is 0 Å². The lowest BCUT2D eigenvalue weighted by atomic mass is 10.0. The highest BCUT2D eigenvalue weighted by Crippen LogP contribution is 2.40. The van der Waals surface area contributed by atoms with Crippen LogP contribution < -0.4 is 0 Å². The molecule has 1 N–H and O–H groups in total. The Morgan fingerprint density at radius 2 is 2.08 bits per heavy atom. The molecule has 0 bridgehead atoms. The number of likely N-dealkylation sites (tertiary alicyclic amines) is 1. The maximum atomic E-state index is 6.22. The molecule has 6 nitrogen and oxygen atoms in total. The molecule has 2 aliphatic rings. The molecule has 5 rings (SSSR count). The van der Waals surface area contributed by atoms with Gasteiger partial charge in [0.15, 0.2) is 5.82 Å². The first kappa shape index (κ1) is 15.0. The first-order valence-corrected chi connectivity index (χ1v) is 8.86. The van der Waals surface area contributed by atoms with Gasteiger partial charge < -0.3 is 4.74 Å². The zero-order valence-corrected chi connectivity index (χ0v) is 14.2. The van der Waals surface area contributed by atoms with Crippen LogP contribution >= 0.6 is 0 Å². The van der Waals surface area contributed by atoms with Crippen molar-refractivity contribution in [1.29, 1.82) is 0 Å². The average molecular weight is 335 g/mol. The number of aromatic nitrogens is 4. The second-order valence-electron chi connectivity index (χ2n) is 7.13. The van der Waals surface area contributed by atoms with Gasteiger partial charge in [0, 0.05) is 30.9 Å². The molecule has 0 amide bonds. The van der Waals surface area contributed by atoms with Crippen LogP contribution in [0.15, 0.2) is 36.4 Å². The molecule has 2 aromatic heterocycles. The Morgan fingerprint density at radius 3 is 2.92 bits per heavy atom. The number of pyridine rings is 1. The molecule has 2 aliphatic heterocycles. The Balaban J connectivity index is 1.25. The van der Waals surface area contributed by atoms with Gasteiger partial charge in [-0.3, -0.25) is 15.0 Å². The fourth-order valence-electron chi connectivity index (χ4n) is 4.07. The van der Waals surface area contributed by atoms with E-state index in [0.29, 0.717) is 5.92 Å². The number of nitrogens with one attached hydrogen (secondary N) is 1. The Hall–Kier alpha value is -2.31. The summed E-state index contributed by atoms with van der Waals surface area (Å²) in [5, 5.41) is 8.36. The Morgan fingerprint density at radius 1 is 1.16 bits per heavy atom. The molecule has 0 unspecified atom stereocenters. The summed E-state index contributed by atoms with van der Waals surface area (Å²) < 4.78 is 6.22. The maximum absolute atomic E-state index is 6.22. The van der Waals surface area contributed by atoms with Gasteiger partial charge in [0.1, 0.15) is 11.9 Å². The van der Waals surface area contributed by atoms with Crippen molar-refractivity contribution >= 4 is 10.9 Å². The number of aromatic amines is 1. The molecule has 0 saturated carbocycles.